The highest BCUT2D eigenvalue weighted by Crippen LogP contribution is 2.49. The van der Waals surface area contributed by atoms with E-state index in [1.54, 1.807) is 0 Å². The van der Waals surface area contributed by atoms with Crippen molar-refractivity contribution in [3.8, 4) is 0 Å². The lowest BCUT2D eigenvalue weighted by Gasteiger charge is -2.28. The highest BCUT2D eigenvalue weighted by Gasteiger charge is 2.65. The van der Waals surface area contributed by atoms with Crippen molar-refractivity contribution < 1.29 is 31.4 Å². The molecule has 1 aromatic carbocycles. The summed E-state index contributed by atoms with van der Waals surface area (Å²) in [7, 11) is 0. The Bertz CT molecular complexity index is 478. The first kappa shape index (κ1) is 15.1. The molecule has 0 amide bonds. The summed E-state index contributed by atoms with van der Waals surface area (Å²) in [5.41, 5.74) is -6.28. The summed E-state index contributed by atoms with van der Waals surface area (Å²) < 4.78 is 76.2. The first-order valence-corrected chi connectivity index (χ1v) is 4.65. The van der Waals surface area contributed by atoms with Crippen LogP contribution in [0.5, 0.6) is 0 Å². The number of halogens is 6. The average molecular weight is 288 g/mol. The second kappa shape index (κ2) is 4.94. The van der Waals surface area contributed by atoms with Gasteiger partial charge in [0.15, 0.2) is 5.03 Å². The van der Waals surface area contributed by atoms with Gasteiger partial charge in [-0.05, 0) is 6.07 Å². The molecule has 1 rings (SSSR count). The van der Waals surface area contributed by atoms with Crippen LogP contribution in [0.1, 0.15) is 5.56 Å². The SMILES string of the molecule is O=[N+]([O-])Nc1ccccc1C(F)(C(F)F)C(F)(F)F. The Hall–Kier alpha value is -2.00. The molecule has 0 aliphatic rings. The van der Waals surface area contributed by atoms with E-state index in [2.05, 4.69) is 0 Å². The normalized spacial score (nSPS) is 15.1. The van der Waals surface area contributed by atoms with Crippen LogP contribution in [0.15, 0.2) is 24.3 Å². The van der Waals surface area contributed by atoms with Crippen molar-refractivity contribution in [2.45, 2.75) is 18.3 Å². The lowest BCUT2D eigenvalue weighted by atomic mass is 9.94. The lowest BCUT2D eigenvalue weighted by molar-refractivity contribution is -0.445. The third-order valence-electron chi connectivity index (χ3n) is 2.24. The molecule has 0 saturated carbocycles. The molecule has 1 unspecified atom stereocenters. The van der Waals surface area contributed by atoms with E-state index in [4.69, 9.17) is 0 Å². The Morgan fingerprint density at radius 2 is 1.68 bits per heavy atom. The summed E-state index contributed by atoms with van der Waals surface area (Å²) in [4.78, 5) is 10.2. The molecule has 1 aromatic rings. The molecule has 19 heavy (non-hydrogen) atoms. The zero-order chi connectivity index (χ0) is 14.8. The number of nitrogens with one attached hydrogen (secondary N) is 1. The smallest absolute Gasteiger partial charge is 0.235 e. The average Bonchev–Trinajstić information content (AvgIpc) is 2.26. The number of hydrogen-bond acceptors (Lipinski definition) is 2. The van der Waals surface area contributed by atoms with E-state index in [0.717, 1.165) is 12.1 Å². The Labute approximate surface area is 102 Å². The number of hydrazine groups is 1. The first-order chi connectivity index (χ1) is 8.60. The van der Waals surface area contributed by atoms with E-state index in [9.17, 15) is 36.5 Å². The fourth-order valence-electron chi connectivity index (χ4n) is 1.39. The zero-order valence-corrected chi connectivity index (χ0v) is 8.92. The number of hydrogen-bond donors (Lipinski definition) is 1. The predicted molar refractivity (Wildman–Crippen MR) is 51.9 cm³/mol. The van der Waals surface area contributed by atoms with Gasteiger partial charge in [0.05, 0.1) is 0 Å². The van der Waals surface area contributed by atoms with E-state index >= 15 is 0 Å². The van der Waals surface area contributed by atoms with Gasteiger partial charge >= 0.3 is 6.18 Å². The first-order valence-electron chi connectivity index (χ1n) is 4.65. The van der Waals surface area contributed by atoms with Crippen LogP contribution in [0, 0.1) is 10.1 Å². The van der Waals surface area contributed by atoms with Crippen LogP contribution in [0.25, 0.3) is 0 Å². The molecular weight excluding hydrogens is 282 g/mol. The molecule has 0 radical (unpaired) electrons. The molecule has 0 aliphatic carbocycles. The quantitative estimate of drug-likeness (QED) is 0.525. The maximum atomic E-state index is 13.7. The van der Waals surface area contributed by atoms with Gasteiger partial charge in [-0.3, -0.25) is 0 Å². The van der Waals surface area contributed by atoms with Gasteiger partial charge in [-0.2, -0.15) is 13.2 Å². The minimum absolute atomic E-state index is 0.408. The van der Waals surface area contributed by atoms with E-state index < -0.39 is 34.6 Å². The molecule has 0 bridgehead atoms. The molecular formula is C9H6F6N2O2. The van der Waals surface area contributed by atoms with E-state index in [1.807, 2.05) is 0 Å². The van der Waals surface area contributed by atoms with Gasteiger partial charge in [0.2, 0.25) is 0 Å². The van der Waals surface area contributed by atoms with E-state index in [1.165, 1.54) is 5.43 Å². The Kier molecular flexibility index (Phi) is 3.91. The minimum Gasteiger partial charge on any atom is -0.235 e. The number of rotatable bonds is 4. The molecule has 0 fully saturated rings. The molecule has 4 nitrogen and oxygen atoms in total. The molecule has 1 N–H and O–H groups in total. The molecule has 0 aromatic heterocycles. The topological polar surface area (TPSA) is 55.2 Å². The Balaban J connectivity index is 3.44. The largest absolute Gasteiger partial charge is 0.432 e. The van der Waals surface area contributed by atoms with Crippen molar-refractivity contribution in [1.82, 2.24) is 0 Å². The number of nitrogens with zero attached hydrogens (tertiary/aromatic N) is 1. The molecule has 10 heteroatoms. The van der Waals surface area contributed by atoms with Gasteiger partial charge in [-0.1, -0.05) is 18.2 Å². The zero-order valence-electron chi connectivity index (χ0n) is 8.92. The maximum Gasteiger partial charge on any atom is 0.432 e. The molecule has 106 valence electrons. The molecule has 1 atom stereocenters. The van der Waals surface area contributed by atoms with Crippen LogP contribution in [-0.2, 0) is 5.67 Å². The van der Waals surface area contributed by atoms with Gasteiger partial charge in [0, 0.05) is 5.56 Å². The third-order valence-corrected chi connectivity index (χ3v) is 2.24. The fourth-order valence-corrected chi connectivity index (χ4v) is 1.39. The van der Waals surface area contributed by atoms with Crippen LogP contribution in [0.2, 0.25) is 0 Å². The Morgan fingerprint density at radius 3 is 2.11 bits per heavy atom. The summed E-state index contributed by atoms with van der Waals surface area (Å²) in [5.74, 6) is 0. The van der Waals surface area contributed by atoms with Crippen molar-refractivity contribution in [2.75, 3.05) is 5.43 Å². The van der Waals surface area contributed by atoms with Gasteiger partial charge < -0.3 is 0 Å². The number of alkyl halides is 6. The number of benzene rings is 1. The number of anilines is 1. The van der Waals surface area contributed by atoms with Crippen molar-refractivity contribution >= 4 is 5.69 Å². The van der Waals surface area contributed by atoms with Crippen molar-refractivity contribution in [1.29, 1.82) is 0 Å². The second-order valence-electron chi connectivity index (χ2n) is 3.42. The minimum atomic E-state index is -5.92. The molecule has 0 heterocycles. The maximum absolute atomic E-state index is 13.7. The monoisotopic (exact) mass is 288 g/mol. The number of para-hydroxylation sites is 1. The van der Waals surface area contributed by atoms with E-state index in [0.29, 0.717) is 12.1 Å². The molecule has 0 saturated heterocycles. The lowest BCUT2D eigenvalue weighted by Crippen LogP contribution is -2.45. The summed E-state index contributed by atoms with van der Waals surface area (Å²) in [5, 5.41) is 8.89. The van der Waals surface area contributed by atoms with E-state index in [-0.39, 0.29) is 0 Å². The van der Waals surface area contributed by atoms with Crippen LogP contribution in [-0.4, -0.2) is 17.6 Å². The highest BCUT2D eigenvalue weighted by atomic mass is 19.4. The standard InChI is InChI=1S/C9H6F6N2O2/c10-7(11)8(12,9(13,14)15)5-3-1-2-4-6(5)16-17(18)19/h1-4,7,16H. The summed E-state index contributed by atoms with van der Waals surface area (Å²) >= 11 is 0. The summed E-state index contributed by atoms with van der Waals surface area (Å²) in [6, 6.07) is 3.01. The Morgan fingerprint density at radius 1 is 1.16 bits per heavy atom. The predicted octanol–water partition coefficient (Wildman–Crippen LogP) is 3.28. The van der Waals surface area contributed by atoms with Gasteiger partial charge in [-0.15, -0.1) is 5.43 Å². The summed E-state index contributed by atoms with van der Waals surface area (Å²) in [6.45, 7) is 0. The summed E-state index contributed by atoms with van der Waals surface area (Å²) in [6.07, 6.45) is -10.3. The second-order valence-corrected chi connectivity index (χ2v) is 3.42. The van der Waals surface area contributed by atoms with Crippen LogP contribution in [0.3, 0.4) is 0 Å². The van der Waals surface area contributed by atoms with Crippen LogP contribution < -0.4 is 5.43 Å². The van der Waals surface area contributed by atoms with Crippen molar-refractivity contribution in [3.05, 3.63) is 39.9 Å². The fraction of sp³-hybridized carbons (Fsp3) is 0.333. The van der Waals surface area contributed by atoms with Gasteiger partial charge in [-0.25, -0.2) is 23.3 Å². The van der Waals surface area contributed by atoms with Gasteiger partial charge in [0.25, 0.3) is 12.1 Å². The molecule has 0 aliphatic heterocycles. The van der Waals surface area contributed by atoms with Crippen LogP contribution >= 0.6 is 0 Å². The number of nitro groups is 1. The highest BCUT2D eigenvalue weighted by molar-refractivity contribution is 5.53. The van der Waals surface area contributed by atoms with Crippen molar-refractivity contribution in [3.63, 3.8) is 0 Å². The third kappa shape index (κ3) is 2.71. The van der Waals surface area contributed by atoms with Crippen LogP contribution in [0.4, 0.5) is 32.0 Å². The van der Waals surface area contributed by atoms with Gasteiger partial charge in [0.1, 0.15) is 5.69 Å². The molecule has 0 spiro atoms. The van der Waals surface area contributed by atoms with Crippen molar-refractivity contribution in [2.24, 2.45) is 0 Å².